The molecule has 0 aliphatic rings. The third-order valence-electron chi connectivity index (χ3n) is 2.97. The molecule has 1 amide bonds. The third-order valence-corrected chi connectivity index (χ3v) is 2.97. The van der Waals surface area contributed by atoms with Crippen LogP contribution in [0.25, 0.3) is 0 Å². The van der Waals surface area contributed by atoms with Gasteiger partial charge in [-0.2, -0.15) is 10.2 Å². The summed E-state index contributed by atoms with van der Waals surface area (Å²) in [6, 6.07) is 13.3. The third kappa shape index (κ3) is 3.49. The summed E-state index contributed by atoms with van der Waals surface area (Å²) in [5, 5.41) is 8.13. The summed E-state index contributed by atoms with van der Waals surface area (Å²) >= 11 is 0. The molecule has 3 rings (SSSR count). The Morgan fingerprint density at radius 2 is 2.14 bits per heavy atom. The maximum absolute atomic E-state index is 11.6. The van der Waals surface area contributed by atoms with Crippen LogP contribution in [0.2, 0.25) is 0 Å². The van der Waals surface area contributed by atoms with Gasteiger partial charge in [0.15, 0.2) is 5.76 Å². The van der Waals surface area contributed by atoms with E-state index >= 15 is 0 Å². The molecule has 6 nitrogen and oxygen atoms in total. The van der Waals surface area contributed by atoms with Crippen molar-refractivity contribution in [1.29, 1.82) is 0 Å². The molecule has 0 atom stereocenters. The van der Waals surface area contributed by atoms with Crippen LogP contribution in [0.15, 0.2) is 70.6 Å². The van der Waals surface area contributed by atoms with Crippen LogP contribution in [0.4, 0.5) is 0 Å². The first kappa shape index (κ1) is 13.8. The summed E-state index contributed by atoms with van der Waals surface area (Å²) in [7, 11) is 0. The normalized spacial score (nSPS) is 10.9. The second-order valence-electron chi connectivity index (χ2n) is 4.63. The zero-order valence-electron chi connectivity index (χ0n) is 11.7. The van der Waals surface area contributed by atoms with E-state index in [2.05, 4.69) is 15.6 Å². The average Bonchev–Trinajstić information content (AvgIpc) is 3.20. The molecule has 0 aliphatic carbocycles. The molecule has 2 heterocycles. The van der Waals surface area contributed by atoms with Crippen molar-refractivity contribution in [3.05, 3.63) is 78.0 Å². The summed E-state index contributed by atoms with van der Waals surface area (Å²) in [6.07, 6.45) is 6.52. The van der Waals surface area contributed by atoms with E-state index in [0.29, 0.717) is 6.54 Å². The molecule has 6 heteroatoms. The van der Waals surface area contributed by atoms with E-state index in [1.807, 2.05) is 41.2 Å². The topological polar surface area (TPSA) is 72.4 Å². The van der Waals surface area contributed by atoms with E-state index in [0.717, 1.165) is 5.56 Å². The highest BCUT2D eigenvalue weighted by atomic mass is 16.3. The predicted molar refractivity (Wildman–Crippen MR) is 81.5 cm³/mol. The van der Waals surface area contributed by atoms with Crippen molar-refractivity contribution in [2.24, 2.45) is 5.10 Å². The molecule has 1 aromatic carbocycles. The summed E-state index contributed by atoms with van der Waals surface area (Å²) in [6.45, 7) is 0.688. The molecule has 0 aliphatic heterocycles. The second-order valence-corrected chi connectivity index (χ2v) is 4.63. The first-order chi connectivity index (χ1) is 10.8. The number of carbonyl (C=O) groups is 1. The van der Waals surface area contributed by atoms with E-state index in [1.165, 1.54) is 18.0 Å². The van der Waals surface area contributed by atoms with Crippen LogP contribution in [0.1, 0.15) is 21.7 Å². The fraction of sp³-hybridized carbons (Fsp3) is 0.0625. The number of nitrogens with zero attached hydrogens (tertiary/aromatic N) is 3. The Labute approximate surface area is 127 Å². The number of nitrogens with one attached hydrogen (secondary N) is 1. The predicted octanol–water partition coefficient (Wildman–Crippen LogP) is 2.29. The van der Waals surface area contributed by atoms with Crippen molar-refractivity contribution in [3.8, 4) is 0 Å². The maximum atomic E-state index is 11.6. The van der Waals surface area contributed by atoms with Gasteiger partial charge in [0.1, 0.15) is 0 Å². The fourth-order valence-corrected chi connectivity index (χ4v) is 1.93. The van der Waals surface area contributed by atoms with Gasteiger partial charge < -0.3 is 4.42 Å². The standard InChI is InChI=1S/C16H14N4O2/c21-16(15-7-4-8-22-15)19-17-9-14-10-18-20(12-14)11-13-5-2-1-3-6-13/h1-10,12H,11H2,(H,19,21)/b17-9-. The Kier molecular flexibility index (Phi) is 4.10. The number of aromatic nitrogens is 2. The van der Waals surface area contributed by atoms with E-state index < -0.39 is 5.91 Å². The van der Waals surface area contributed by atoms with Crippen LogP contribution in [0, 0.1) is 0 Å². The number of hydrogen-bond acceptors (Lipinski definition) is 4. The molecule has 0 unspecified atom stereocenters. The van der Waals surface area contributed by atoms with Crippen molar-refractivity contribution in [3.63, 3.8) is 0 Å². The van der Waals surface area contributed by atoms with Gasteiger partial charge in [0.2, 0.25) is 0 Å². The van der Waals surface area contributed by atoms with Gasteiger partial charge in [-0.05, 0) is 17.7 Å². The van der Waals surface area contributed by atoms with Crippen molar-refractivity contribution < 1.29 is 9.21 Å². The molecule has 0 saturated heterocycles. The monoisotopic (exact) mass is 294 g/mol. The lowest BCUT2D eigenvalue weighted by Gasteiger charge is -2.00. The van der Waals surface area contributed by atoms with E-state index in [9.17, 15) is 4.79 Å². The summed E-state index contributed by atoms with van der Waals surface area (Å²) in [4.78, 5) is 11.6. The summed E-state index contributed by atoms with van der Waals surface area (Å²) in [5.41, 5.74) is 4.36. The largest absolute Gasteiger partial charge is 0.459 e. The number of rotatable bonds is 5. The molecule has 0 spiro atoms. The quantitative estimate of drug-likeness (QED) is 0.579. The lowest BCUT2D eigenvalue weighted by Crippen LogP contribution is -2.16. The second kappa shape index (κ2) is 6.53. The van der Waals surface area contributed by atoms with Crippen molar-refractivity contribution in [2.45, 2.75) is 6.54 Å². The molecule has 3 aromatic rings. The van der Waals surface area contributed by atoms with E-state index in [4.69, 9.17) is 4.42 Å². The van der Waals surface area contributed by atoms with Gasteiger partial charge in [-0.3, -0.25) is 9.48 Å². The van der Waals surface area contributed by atoms with Gasteiger partial charge in [0, 0.05) is 11.8 Å². The fourth-order valence-electron chi connectivity index (χ4n) is 1.93. The lowest BCUT2D eigenvalue weighted by molar-refractivity contribution is 0.0927. The summed E-state index contributed by atoms with van der Waals surface area (Å²) in [5.74, 6) is -0.171. The van der Waals surface area contributed by atoms with Crippen LogP contribution in [0.5, 0.6) is 0 Å². The van der Waals surface area contributed by atoms with E-state index in [1.54, 1.807) is 18.3 Å². The zero-order chi connectivity index (χ0) is 15.2. The molecule has 0 saturated carbocycles. The van der Waals surface area contributed by atoms with Crippen LogP contribution >= 0.6 is 0 Å². The molecular weight excluding hydrogens is 280 g/mol. The Balaban J connectivity index is 1.57. The van der Waals surface area contributed by atoms with Crippen LogP contribution in [0.3, 0.4) is 0 Å². The molecule has 0 radical (unpaired) electrons. The zero-order valence-corrected chi connectivity index (χ0v) is 11.7. The SMILES string of the molecule is O=C(N/N=C\c1cnn(Cc2ccccc2)c1)c1ccco1. The van der Waals surface area contributed by atoms with Crippen LogP contribution in [-0.2, 0) is 6.54 Å². The van der Waals surface area contributed by atoms with E-state index in [-0.39, 0.29) is 5.76 Å². The number of carbonyl (C=O) groups excluding carboxylic acids is 1. The van der Waals surface area contributed by atoms with Gasteiger partial charge in [-0.1, -0.05) is 30.3 Å². The minimum absolute atomic E-state index is 0.219. The molecule has 110 valence electrons. The molecule has 0 fully saturated rings. The van der Waals surface area contributed by atoms with Gasteiger partial charge in [0.05, 0.1) is 25.2 Å². The van der Waals surface area contributed by atoms with Gasteiger partial charge in [-0.15, -0.1) is 0 Å². The van der Waals surface area contributed by atoms with Crippen molar-refractivity contribution in [2.75, 3.05) is 0 Å². The van der Waals surface area contributed by atoms with Crippen LogP contribution in [-0.4, -0.2) is 21.9 Å². The number of benzene rings is 1. The Morgan fingerprint density at radius 3 is 2.91 bits per heavy atom. The van der Waals surface area contributed by atoms with Gasteiger partial charge >= 0.3 is 5.91 Å². The molecule has 2 aromatic heterocycles. The average molecular weight is 294 g/mol. The highest BCUT2D eigenvalue weighted by Gasteiger charge is 2.05. The Bertz CT molecular complexity index is 761. The lowest BCUT2D eigenvalue weighted by atomic mass is 10.2. The first-order valence-corrected chi connectivity index (χ1v) is 6.74. The molecule has 0 bridgehead atoms. The smallest absolute Gasteiger partial charge is 0.307 e. The van der Waals surface area contributed by atoms with Crippen molar-refractivity contribution in [1.82, 2.24) is 15.2 Å². The number of hydrogen-bond donors (Lipinski definition) is 1. The Hall–Kier alpha value is -3.15. The highest BCUT2D eigenvalue weighted by molar-refractivity contribution is 5.92. The Morgan fingerprint density at radius 1 is 1.27 bits per heavy atom. The number of furan rings is 1. The highest BCUT2D eigenvalue weighted by Crippen LogP contribution is 2.03. The molecule has 1 N–H and O–H groups in total. The van der Waals surface area contributed by atoms with Crippen molar-refractivity contribution >= 4 is 12.1 Å². The van der Waals surface area contributed by atoms with Gasteiger partial charge in [-0.25, -0.2) is 5.43 Å². The minimum Gasteiger partial charge on any atom is -0.459 e. The van der Waals surface area contributed by atoms with Crippen LogP contribution < -0.4 is 5.43 Å². The molecule has 22 heavy (non-hydrogen) atoms. The number of hydrazone groups is 1. The minimum atomic E-state index is -0.391. The van der Waals surface area contributed by atoms with Gasteiger partial charge in [0.25, 0.3) is 0 Å². The molecular formula is C16H14N4O2. The summed E-state index contributed by atoms with van der Waals surface area (Å²) < 4.78 is 6.78. The first-order valence-electron chi connectivity index (χ1n) is 6.74. The maximum Gasteiger partial charge on any atom is 0.307 e. The number of amides is 1.